The third kappa shape index (κ3) is 7.93. The Morgan fingerprint density at radius 1 is 1.41 bits per heavy atom. The molecule has 0 bridgehead atoms. The quantitative estimate of drug-likeness (QED) is 0.246. The molecule has 1 aliphatic rings. The number of halogens is 1. The monoisotopic (exact) mass is 448 g/mol. The summed E-state index contributed by atoms with van der Waals surface area (Å²) in [5, 5.41) is 6.40. The van der Waals surface area contributed by atoms with Gasteiger partial charge in [-0.3, -0.25) is 4.99 Å². The predicted octanol–water partition coefficient (Wildman–Crippen LogP) is 0.620. The Morgan fingerprint density at radius 2 is 2.14 bits per heavy atom. The first kappa shape index (κ1) is 21.9. The fourth-order valence-corrected chi connectivity index (χ4v) is 2.95. The summed E-state index contributed by atoms with van der Waals surface area (Å²) in [5.41, 5.74) is 0. The Labute approximate surface area is 151 Å². The van der Waals surface area contributed by atoms with Crippen molar-refractivity contribution in [2.24, 2.45) is 4.99 Å². The van der Waals surface area contributed by atoms with Gasteiger partial charge in [-0.15, -0.1) is 24.0 Å². The molecule has 7 nitrogen and oxygen atoms in total. The first-order valence-corrected chi connectivity index (χ1v) is 9.10. The van der Waals surface area contributed by atoms with Crippen LogP contribution >= 0.6 is 24.0 Å². The Balaban J connectivity index is 0.00000441. The van der Waals surface area contributed by atoms with E-state index in [0.717, 1.165) is 38.4 Å². The molecule has 1 unspecified atom stereocenters. The number of nitrogens with zero attached hydrogens (tertiary/aromatic N) is 2. The number of sulfonamides is 1. The molecule has 0 amide bonds. The standard InChI is InChI=1S/C13H28N4O3S.HI/c1-4-21(18,19)17(3)9-6-8-15-13(14-2)16-11-12-7-5-10-20-12;/h12H,4-11H2,1-3H3,(H2,14,15,16);1H. The molecule has 22 heavy (non-hydrogen) atoms. The van der Waals surface area contributed by atoms with Gasteiger partial charge in [-0.05, 0) is 26.2 Å². The Morgan fingerprint density at radius 3 is 2.68 bits per heavy atom. The summed E-state index contributed by atoms with van der Waals surface area (Å²) in [6, 6.07) is 0. The summed E-state index contributed by atoms with van der Waals surface area (Å²) in [4.78, 5) is 4.14. The number of hydrogen-bond donors (Lipinski definition) is 2. The predicted molar refractivity (Wildman–Crippen MR) is 100 cm³/mol. The van der Waals surface area contributed by atoms with Crippen LogP contribution in [0, 0.1) is 0 Å². The van der Waals surface area contributed by atoms with Crippen LogP contribution in [-0.4, -0.2) is 70.9 Å². The number of rotatable bonds is 8. The molecule has 1 rings (SSSR count). The maximum absolute atomic E-state index is 11.6. The highest BCUT2D eigenvalue weighted by molar-refractivity contribution is 14.0. The molecular weight excluding hydrogens is 419 g/mol. The molecule has 2 N–H and O–H groups in total. The second-order valence-corrected chi connectivity index (χ2v) is 7.46. The molecule has 1 fully saturated rings. The van der Waals surface area contributed by atoms with Crippen LogP contribution in [0.2, 0.25) is 0 Å². The zero-order valence-electron chi connectivity index (χ0n) is 13.7. The zero-order chi connectivity index (χ0) is 15.7. The summed E-state index contributed by atoms with van der Waals surface area (Å²) in [6.45, 7) is 4.43. The molecule has 1 saturated heterocycles. The van der Waals surface area contributed by atoms with Crippen LogP contribution in [0.25, 0.3) is 0 Å². The van der Waals surface area contributed by atoms with Crippen molar-refractivity contribution in [3.8, 4) is 0 Å². The van der Waals surface area contributed by atoms with E-state index in [-0.39, 0.29) is 35.8 Å². The van der Waals surface area contributed by atoms with Gasteiger partial charge < -0.3 is 15.4 Å². The second-order valence-electron chi connectivity index (χ2n) is 5.09. The molecule has 0 aromatic rings. The van der Waals surface area contributed by atoms with Crippen LogP contribution in [0.5, 0.6) is 0 Å². The second kappa shape index (κ2) is 11.4. The van der Waals surface area contributed by atoms with E-state index in [4.69, 9.17) is 4.74 Å². The Kier molecular flexibility index (Phi) is 11.3. The van der Waals surface area contributed by atoms with Crippen LogP contribution < -0.4 is 10.6 Å². The van der Waals surface area contributed by atoms with Gasteiger partial charge >= 0.3 is 0 Å². The molecule has 0 aromatic carbocycles. The molecule has 0 radical (unpaired) electrons. The first-order chi connectivity index (χ1) is 9.99. The van der Waals surface area contributed by atoms with Gasteiger partial charge in [-0.25, -0.2) is 12.7 Å². The summed E-state index contributed by atoms with van der Waals surface area (Å²) >= 11 is 0. The van der Waals surface area contributed by atoms with Gasteiger partial charge in [0.05, 0.1) is 11.9 Å². The van der Waals surface area contributed by atoms with Crippen LogP contribution in [0.15, 0.2) is 4.99 Å². The fourth-order valence-electron chi connectivity index (χ4n) is 2.10. The topological polar surface area (TPSA) is 83.0 Å². The molecule has 1 aliphatic heterocycles. The minimum absolute atomic E-state index is 0. The fraction of sp³-hybridized carbons (Fsp3) is 0.923. The van der Waals surface area contributed by atoms with Gasteiger partial charge in [0.1, 0.15) is 0 Å². The molecule has 0 spiro atoms. The lowest BCUT2D eigenvalue weighted by molar-refractivity contribution is 0.114. The van der Waals surface area contributed by atoms with Gasteiger partial charge in [-0.1, -0.05) is 0 Å². The highest BCUT2D eigenvalue weighted by atomic mass is 127. The number of ether oxygens (including phenoxy) is 1. The van der Waals surface area contributed by atoms with E-state index in [1.54, 1.807) is 21.0 Å². The van der Waals surface area contributed by atoms with Gasteiger partial charge in [0, 0.05) is 40.3 Å². The van der Waals surface area contributed by atoms with Crippen LogP contribution in [-0.2, 0) is 14.8 Å². The smallest absolute Gasteiger partial charge is 0.213 e. The Bertz CT molecular complexity index is 425. The molecule has 9 heteroatoms. The lowest BCUT2D eigenvalue weighted by atomic mass is 10.2. The van der Waals surface area contributed by atoms with E-state index in [2.05, 4.69) is 15.6 Å². The largest absolute Gasteiger partial charge is 0.376 e. The molecule has 1 atom stereocenters. The van der Waals surface area contributed by atoms with E-state index < -0.39 is 10.0 Å². The molecule has 0 aliphatic carbocycles. The van der Waals surface area contributed by atoms with Crippen molar-refractivity contribution in [2.75, 3.05) is 46.1 Å². The minimum atomic E-state index is -3.08. The van der Waals surface area contributed by atoms with E-state index >= 15 is 0 Å². The van der Waals surface area contributed by atoms with Crippen molar-refractivity contribution in [1.82, 2.24) is 14.9 Å². The zero-order valence-corrected chi connectivity index (χ0v) is 16.8. The number of aliphatic imine (C=N–C) groups is 1. The molecule has 1 heterocycles. The van der Waals surface area contributed by atoms with Gasteiger partial charge in [-0.2, -0.15) is 0 Å². The van der Waals surface area contributed by atoms with Crippen LogP contribution in [0.4, 0.5) is 0 Å². The van der Waals surface area contributed by atoms with Gasteiger partial charge in [0.15, 0.2) is 5.96 Å². The first-order valence-electron chi connectivity index (χ1n) is 7.49. The highest BCUT2D eigenvalue weighted by Crippen LogP contribution is 2.10. The lowest BCUT2D eigenvalue weighted by Crippen LogP contribution is -2.42. The van der Waals surface area contributed by atoms with Gasteiger partial charge in [0.2, 0.25) is 10.0 Å². The third-order valence-corrected chi connectivity index (χ3v) is 5.39. The maximum Gasteiger partial charge on any atom is 0.213 e. The molecular formula is C13H29IN4O3S. The van der Waals surface area contributed by atoms with Crippen molar-refractivity contribution in [1.29, 1.82) is 0 Å². The summed E-state index contributed by atoms with van der Waals surface area (Å²) < 4.78 is 30.1. The Hall–Kier alpha value is -0.130. The van der Waals surface area contributed by atoms with Crippen molar-refractivity contribution < 1.29 is 13.2 Å². The van der Waals surface area contributed by atoms with Crippen molar-refractivity contribution in [3.05, 3.63) is 0 Å². The maximum atomic E-state index is 11.6. The van der Waals surface area contributed by atoms with E-state index in [1.807, 2.05) is 0 Å². The van der Waals surface area contributed by atoms with E-state index in [1.165, 1.54) is 4.31 Å². The van der Waals surface area contributed by atoms with Crippen molar-refractivity contribution in [3.63, 3.8) is 0 Å². The lowest BCUT2D eigenvalue weighted by Gasteiger charge is -2.17. The van der Waals surface area contributed by atoms with E-state index in [9.17, 15) is 8.42 Å². The van der Waals surface area contributed by atoms with Crippen LogP contribution in [0.1, 0.15) is 26.2 Å². The minimum Gasteiger partial charge on any atom is -0.376 e. The SMILES string of the molecule is CCS(=O)(=O)N(C)CCCNC(=NC)NCC1CCCO1.I. The molecule has 0 aromatic heterocycles. The molecule has 0 saturated carbocycles. The summed E-state index contributed by atoms with van der Waals surface area (Å²) in [5.74, 6) is 0.869. The highest BCUT2D eigenvalue weighted by Gasteiger charge is 2.16. The average Bonchev–Trinajstić information content (AvgIpc) is 2.99. The number of nitrogens with one attached hydrogen (secondary N) is 2. The third-order valence-electron chi connectivity index (χ3n) is 3.53. The molecule has 132 valence electrons. The van der Waals surface area contributed by atoms with Crippen molar-refractivity contribution in [2.45, 2.75) is 32.3 Å². The number of hydrogen-bond acceptors (Lipinski definition) is 4. The average molecular weight is 448 g/mol. The van der Waals surface area contributed by atoms with Crippen LogP contribution in [0.3, 0.4) is 0 Å². The summed E-state index contributed by atoms with van der Waals surface area (Å²) in [7, 11) is 0.253. The van der Waals surface area contributed by atoms with Gasteiger partial charge in [0.25, 0.3) is 0 Å². The summed E-state index contributed by atoms with van der Waals surface area (Å²) in [6.07, 6.45) is 3.21. The number of guanidine groups is 1. The normalized spacial score (nSPS) is 19.1. The van der Waals surface area contributed by atoms with E-state index in [0.29, 0.717) is 13.1 Å². The van der Waals surface area contributed by atoms with Crippen molar-refractivity contribution >= 4 is 40.0 Å².